The van der Waals surface area contributed by atoms with Crippen LogP contribution in [0.5, 0.6) is 0 Å². The van der Waals surface area contributed by atoms with Gasteiger partial charge in [-0.1, -0.05) is 75.3 Å². The topological polar surface area (TPSA) is 96.2 Å². The molecule has 252 valence electrons. The van der Waals surface area contributed by atoms with Crippen molar-refractivity contribution < 1.29 is 0 Å². The summed E-state index contributed by atoms with van der Waals surface area (Å²) in [5.41, 5.74) is 1.55. The maximum absolute atomic E-state index is 4.36. The van der Waals surface area contributed by atoms with Crippen molar-refractivity contribution >= 4 is 0 Å². The molecule has 1 aromatic carbocycles. The van der Waals surface area contributed by atoms with Crippen molar-refractivity contribution in [2.75, 3.05) is 0 Å². The maximum Gasteiger partial charge on any atom is 0.0634 e. The van der Waals surface area contributed by atoms with Gasteiger partial charge >= 0.3 is 0 Å². The van der Waals surface area contributed by atoms with E-state index in [0.29, 0.717) is 90.8 Å². The van der Waals surface area contributed by atoms with E-state index in [-0.39, 0.29) is 0 Å². The van der Waals surface area contributed by atoms with Crippen LogP contribution in [0, 0.1) is 47.3 Å². The van der Waals surface area contributed by atoms with E-state index in [4.69, 9.17) is 0 Å². The summed E-state index contributed by atoms with van der Waals surface area (Å²) in [5, 5.41) is 34.2. The van der Waals surface area contributed by atoms with Crippen LogP contribution in [-0.4, -0.2) is 49.3 Å². The Kier molecular flexibility index (Phi) is 7.99. The molecule has 1 aromatic rings. The van der Waals surface area contributed by atoms with Gasteiger partial charge in [0.25, 0.3) is 0 Å². The van der Waals surface area contributed by atoms with Crippen LogP contribution in [0.2, 0.25) is 0 Å². The minimum atomic E-state index is 0.314. The van der Waals surface area contributed by atoms with E-state index in [1.54, 1.807) is 5.56 Å². The van der Waals surface area contributed by atoms with Crippen LogP contribution in [0.1, 0.15) is 108 Å². The molecule has 8 heteroatoms. The Morgan fingerprint density at radius 2 is 0.652 bits per heavy atom. The van der Waals surface area contributed by atoms with Gasteiger partial charge in [0.1, 0.15) is 0 Å². The molecule has 8 nitrogen and oxygen atoms in total. The van der Waals surface area contributed by atoms with Gasteiger partial charge in [0.15, 0.2) is 0 Å². The number of nitrogens with one attached hydrogen (secondary N) is 8. The van der Waals surface area contributed by atoms with Gasteiger partial charge in [0.05, 0.1) is 49.3 Å². The molecule has 0 spiro atoms. The SMILES string of the molecule is c1ccc(C2CCCC3C4NC5NC(NC6NC(NC7NC(NC(N4)C23)C2CCCCC72)C2CCCCC62)C2CCCCC52)cc1. The number of hydrogen-bond donors (Lipinski definition) is 8. The lowest BCUT2D eigenvalue weighted by Crippen LogP contribution is -2.61. The van der Waals surface area contributed by atoms with Crippen molar-refractivity contribution in [3.05, 3.63) is 35.9 Å². The van der Waals surface area contributed by atoms with Crippen LogP contribution < -0.4 is 42.5 Å². The zero-order valence-corrected chi connectivity index (χ0v) is 27.8. The number of rotatable bonds is 1. The monoisotopic (exact) mass is 628 g/mol. The highest BCUT2D eigenvalue weighted by molar-refractivity contribution is 5.24. The molecule has 10 rings (SSSR count). The lowest BCUT2D eigenvalue weighted by Gasteiger charge is -2.40. The smallest absolute Gasteiger partial charge is 0.0634 e. The summed E-state index contributed by atoms with van der Waals surface area (Å²) in [4.78, 5) is 0. The van der Waals surface area contributed by atoms with Gasteiger partial charge in [-0.05, 0) is 110 Å². The standard InChI is InChI=1S/C38H60N8/c1-2-11-21(12-3-1)22-19-10-20-29-30(22)38-45-36-28-18-9-8-17-27(28)34(43-36)41-32-24-14-5-4-13-23(24)31(39-32)40-33-25-15-6-7-16-26(25)35(42-33)44-37(29)46-38/h1-3,11-12,22-46H,4-10,13-20H2. The summed E-state index contributed by atoms with van der Waals surface area (Å²) >= 11 is 0. The lowest BCUT2D eigenvalue weighted by molar-refractivity contribution is 0.155. The Morgan fingerprint density at radius 1 is 0.326 bits per heavy atom. The average molecular weight is 629 g/mol. The van der Waals surface area contributed by atoms with E-state index < -0.39 is 0 Å². The summed E-state index contributed by atoms with van der Waals surface area (Å²) in [5.74, 6) is 6.13. The van der Waals surface area contributed by atoms with Crippen molar-refractivity contribution in [1.29, 1.82) is 0 Å². The molecule has 4 aliphatic carbocycles. The van der Waals surface area contributed by atoms with Gasteiger partial charge in [-0.15, -0.1) is 0 Å². The zero-order chi connectivity index (χ0) is 30.2. The molecular formula is C38H60N8. The number of fused-ring (bicyclic) bond motifs is 20. The summed E-state index contributed by atoms with van der Waals surface area (Å²) in [6, 6.07) is 11.5. The van der Waals surface area contributed by atoms with Crippen LogP contribution in [0.25, 0.3) is 0 Å². The molecular weight excluding hydrogens is 568 g/mol. The fraction of sp³-hybridized carbons (Fsp3) is 0.842. The van der Waals surface area contributed by atoms with Crippen molar-refractivity contribution in [3.63, 3.8) is 0 Å². The number of benzene rings is 1. The van der Waals surface area contributed by atoms with Gasteiger partial charge in [-0.3, -0.25) is 42.5 Å². The third kappa shape index (κ3) is 5.07. The summed E-state index contributed by atoms with van der Waals surface area (Å²) in [6.07, 6.45) is 23.4. The summed E-state index contributed by atoms with van der Waals surface area (Å²) < 4.78 is 0. The average Bonchev–Trinajstić information content (AvgIpc) is 3.84. The van der Waals surface area contributed by atoms with Gasteiger partial charge in [-0.2, -0.15) is 0 Å². The molecule has 0 amide bonds. The predicted molar refractivity (Wildman–Crippen MR) is 182 cm³/mol. The first kappa shape index (κ1) is 29.8. The predicted octanol–water partition coefficient (Wildman–Crippen LogP) is 4.00. The quantitative estimate of drug-likeness (QED) is 0.237. The molecule has 5 heterocycles. The van der Waals surface area contributed by atoms with E-state index in [9.17, 15) is 0 Å². The van der Waals surface area contributed by atoms with Crippen LogP contribution in [0.3, 0.4) is 0 Å². The van der Waals surface area contributed by atoms with Crippen LogP contribution in [-0.2, 0) is 0 Å². The first-order valence-electron chi connectivity index (χ1n) is 19.9. The minimum absolute atomic E-state index is 0.314. The largest absolute Gasteiger partial charge is 0.286 e. The third-order valence-electron chi connectivity index (χ3n) is 15.1. The molecule has 5 saturated heterocycles. The molecule has 8 bridgehead atoms. The lowest BCUT2D eigenvalue weighted by atomic mass is 9.69. The van der Waals surface area contributed by atoms with E-state index in [0.717, 1.165) is 11.8 Å². The molecule has 9 aliphatic rings. The van der Waals surface area contributed by atoms with Crippen LogP contribution in [0.15, 0.2) is 30.3 Å². The summed E-state index contributed by atoms with van der Waals surface area (Å²) in [7, 11) is 0. The zero-order valence-electron chi connectivity index (χ0n) is 27.8. The first-order valence-corrected chi connectivity index (χ1v) is 19.9. The molecule has 46 heavy (non-hydrogen) atoms. The molecule has 17 unspecified atom stereocenters. The third-order valence-corrected chi connectivity index (χ3v) is 15.1. The molecule has 17 atom stereocenters. The van der Waals surface area contributed by atoms with Gasteiger partial charge in [-0.25, -0.2) is 0 Å². The maximum atomic E-state index is 4.36. The fourth-order valence-corrected chi connectivity index (χ4v) is 13.1. The van der Waals surface area contributed by atoms with E-state index in [2.05, 4.69) is 72.9 Å². The van der Waals surface area contributed by atoms with Crippen LogP contribution in [0.4, 0.5) is 0 Å². The van der Waals surface area contributed by atoms with Crippen molar-refractivity contribution in [2.45, 2.75) is 152 Å². The second kappa shape index (κ2) is 12.3. The molecule has 0 radical (unpaired) electrons. The van der Waals surface area contributed by atoms with Crippen LogP contribution >= 0.6 is 0 Å². The van der Waals surface area contributed by atoms with Crippen molar-refractivity contribution in [3.8, 4) is 0 Å². The van der Waals surface area contributed by atoms with E-state index >= 15 is 0 Å². The Hall–Kier alpha value is -1.10. The fourth-order valence-electron chi connectivity index (χ4n) is 13.1. The van der Waals surface area contributed by atoms with Gasteiger partial charge < -0.3 is 0 Å². The van der Waals surface area contributed by atoms with E-state index in [1.165, 1.54) is 96.3 Å². The molecule has 4 saturated carbocycles. The molecule has 9 fully saturated rings. The molecule has 8 N–H and O–H groups in total. The van der Waals surface area contributed by atoms with Gasteiger partial charge in [0, 0.05) is 0 Å². The Balaban J connectivity index is 1.01. The molecule has 5 aliphatic heterocycles. The highest BCUT2D eigenvalue weighted by Gasteiger charge is 2.55. The minimum Gasteiger partial charge on any atom is -0.286 e. The molecule has 0 aromatic heterocycles. The van der Waals surface area contributed by atoms with Crippen molar-refractivity contribution in [1.82, 2.24) is 42.5 Å². The highest BCUT2D eigenvalue weighted by atomic mass is 15.4. The second-order valence-corrected chi connectivity index (χ2v) is 17.2. The first-order chi connectivity index (χ1) is 22.8. The Labute approximate surface area is 276 Å². The summed E-state index contributed by atoms with van der Waals surface area (Å²) in [6.45, 7) is 0. The van der Waals surface area contributed by atoms with E-state index in [1.807, 2.05) is 0 Å². The van der Waals surface area contributed by atoms with Gasteiger partial charge in [0.2, 0.25) is 0 Å². The number of hydrogen-bond acceptors (Lipinski definition) is 8. The second-order valence-electron chi connectivity index (χ2n) is 17.2. The Morgan fingerprint density at radius 3 is 1.04 bits per heavy atom. The van der Waals surface area contributed by atoms with Crippen molar-refractivity contribution in [2.24, 2.45) is 47.3 Å². The highest BCUT2D eigenvalue weighted by Crippen LogP contribution is 2.49. The normalized spacial score (nSPS) is 53.2. The Bertz CT molecular complexity index is 1210.